The zero-order chi connectivity index (χ0) is 11.4. The van der Waals surface area contributed by atoms with Gasteiger partial charge in [0.2, 0.25) is 0 Å². The summed E-state index contributed by atoms with van der Waals surface area (Å²) in [6.45, 7) is 5.58. The molecule has 1 aliphatic rings. The molecule has 0 spiro atoms. The van der Waals surface area contributed by atoms with E-state index in [1.165, 1.54) is 30.5 Å². The van der Waals surface area contributed by atoms with Crippen molar-refractivity contribution in [2.24, 2.45) is 5.73 Å². The molecule has 1 aromatic rings. The molecule has 1 heterocycles. The van der Waals surface area contributed by atoms with Gasteiger partial charge in [-0.05, 0) is 38.3 Å². The Hall–Kier alpha value is -0.860. The lowest BCUT2D eigenvalue weighted by Crippen LogP contribution is -2.43. The smallest absolute Gasteiger partial charge is 0.0168 e. The highest BCUT2D eigenvalue weighted by Crippen LogP contribution is 2.10. The highest BCUT2D eigenvalue weighted by Gasteiger charge is 2.15. The predicted octanol–water partition coefficient (Wildman–Crippen LogP) is 1.96. The van der Waals surface area contributed by atoms with Gasteiger partial charge in [-0.2, -0.15) is 0 Å². The van der Waals surface area contributed by atoms with Crippen molar-refractivity contribution in [2.75, 3.05) is 19.6 Å². The van der Waals surface area contributed by atoms with Crippen molar-refractivity contribution >= 4 is 0 Å². The van der Waals surface area contributed by atoms with Crippen molar-refractivity contribution in [2.45, 2.75) is 32.2 Å². The van der Waals surface area contributed by atoms with Crippen LogP contribution < -0.4 is 5.73 Å². The first kappa shape index (κ1) is 11.6. The molecule has 0 radical (unpaired) electrons. The second kappa shape index (κ2) is 5.46. The lowest BCUT2D eigenvalue weighted by Gasteiger charge is -2.30. The summed E-state index contributed by atoms with van der Waals surface area (Å²) in [6.07, 6.45) is 3.60. The Morgan fingerprint density at radius 3 is 2.75 bits per heavy atom. The lowest BCUT2D eigenvalue weighted by molar-refractivity contribution is 0.211. The van der Waals surface area contributed by atoms with E-state index in [4.69, 9.17) is 5.73 Å². The quantitative estimate of drug-likeness (QED) is 0.840. The highest BCUT2D eigenvalue weighted by atomic mass is 15.1. The summed E-state index contributed by atoms with van der Waals surface area (Å²) in [5, 5.41) is 0. The van der Waals surface area contributed by atoms with E-state index in [9.17, 15) is 0 Å². The normalized spacial score (nSPS) is 22.2. The van der Waals surface area contributed by atoms with Crippen LogP contribution in [0.5, 0.6) is 0 Å². The Labute approximate surface area is 98.4 Å². The largest absolute Gasteiger partial charge is 0.327 e. The Morgan fingerprint density at radius 2 is 2.06 bits per heavy atom. The van der Waals surface area contributed by atoms with Crippen LogP contribution in [-0.4, -0.2) is 30.6 Å². The number of rotatable bonds is 3. The van der Waals surface area contributed by atoms with Gasteiger partial charge in [-0.25, -0.2) is 0 Å². The summed E-state index contributed by atoms with van der Waals surface area (Å²) in [5.41, 5.74) is 8.74. The third-order valence-electron chi connectivity index (χ3n) is 3.38. The van der Waals surface area contributed by atoms with Crippen LogP contribution in [0.2, 0.25) is 0 Å². The minimum absolute atomic E-state index is 0.395. The number of hydrogen-bond donors (Lipinski definition) is 1. The van der Waals surface area contributed by atoms with E-state index in [-0.39, 0.29) is 0 Å². The highest BCUT2D eigenvalue weighted by molar-refractivity contribution is 5.21. The molecule has 0 saturated carbocycles. The molecule has 0 bridgehead atoms. The summed E-state index contributed by atoms with van der Waals surface area (Å²) in [4.78, 5) is 2.49. The fraction of sp³-hybridized carbons (Fsp3) is 0.571. The fourth-order valence-corrected chi connectivity index (χ4v) is 2.34. The van der Waals surface area contributed by atoms with E-state index in [1.54, 1.807) is 0 Å². The average Bonchev–Trinajstić information content (AvgIpc) is 2.28. The molecule has 2 nitrogen and oxygen atoms in total. The molecule has 1 atom stereocenters. The molecule has 1 fully saturated rings. The molecular weight excluding hydrogens is 196 g/mol. The first-order chi connectivity index (χ1) is 7.74. The molecule has 2 heteroatoms. The molecule has 0 aliphatic carbocycles. The van der Waals surface area contributed by atoms with Crippen LogP contribution in [0, 0.1) is 6.92 Å². The first-order valence-electron chi connectivity index (χ1n) is 6.27. The minimum atomic E-state index is 0.395. The molecule has 2 rings (SSSR count). The molecule has 1 aliphatic heterocycles. The van der Waals surface area contributed by atoms with Gasteiger partial charge in [-0.1, -0.05) is 29.8 Å². The van der Waals surface area contributed by atoms with Gasteiger partial charge in [-0.3, -0.25) is 0 Å². The van der Waals surface area contributed by atoms with Crippen LogP contribution >= 0.6 is 0 Å². The summed E-state index contributed by atoms with van der Waals surface area (Å²) in [5.74, 6) is 0. The van der Waals surface area contributed by atoms with Gasteiger partial charge in [0.1, 0.15) is 0 Å². The van der Waals surface area contributed by atoms with Crippen molar-refractivity contribution < 1.29 is 0 Å². The van der Waals surface area contributed by atoms with Crippen LogP contribution in [0.15, 0.2) is 24.3 Å². The number of likely N-dealkylation sites (tertiary alicyclic amines) is 1. The molecule has 1 saturated heterocycles. The maximum atomic E-state index is 5.97. The molecule has 1 aromatic carbocycles. The van der Waals surface area contributed by atoms with Gasteiger partial charge in [-0.15, -0.1) is 0 Å². The van der Waals surface area contributed by atoms with Gasteiger partial charge >= 0.3 is 0 Å². The first-order valence-corrected chi connectivity index (χ1v) is 6.27. The van der Waals surface area contributed by atoms with Crippen molar-refractivity contribution in [1.29, 1.82) is 0 Å². The van der Waals surface area contributed by atoms with Gasteiger partial charge in [0.05, 0.1) is 0 Å². The fourth-order valence-electron chi connectivity index (χ4n) is 2.34. The van der Waals surface area contributed by atoms with E-state index < -0.39 is 0 Å². The van der Waals surface area contributed by atoms with E-state index in [0.29, 0.717) is 6.04 Å². The average molecular weight is 218 g/mol. The molecule has 0 aromatic heterocycles. The summed E-state index contributed by atoms with van der Waals surface area (Å²) in [6, 6.07) is 9.25. The van der Waals surface area contributed by atoms with Crippen molar-refractivity contribution in [3.05, 3.63) is 35.4 Å². The Bertz CT molecular complexity index is 318. The van der Waals surface area contributed by atoms with Gasteiger partial charge in [0, 0.05) is 19.1 Å². The van der Waals surface area contributed by atoms with Crippen LogP contribution in [0.25, 0.3) is 0 Å². The topological polar surface area (TPSA) is 29.3 Å². The third kappa shape index (κ3) is 3.32. The van der Waals surface area contributed by atoms with Crippen molar-refractivity contribution in [3.63, 3.8) is 0 Å². The zero-order valence-electron chi connectivity index (χ0n) is 10.2. The molecule has 0 amide bonds. The maximum absolute atomic E-state index is 5.97. The molecule has 2 N–H and O–H groups in total. The Morgan fingerprint density at radius 1 is 1.31 bits per heavy atom. The molecule has 16 heavy (non-hydrogen) atoms. The van der Waals surface area contributed by atoms with Gasteiger partial charge < -0.3 is 10.6 Å². The predicted molar refractivity (Wildman–Crippen MR) is 68.5 cm³/mol. The Kier molecular flexibility index (Phi) is 3.97. The van der Waals surface area contributed by atoms with Crippen LogP contribution in [0.1, 0.15) is 24.0 Å². The monoisotopic (exact) mass is 218 g/mol. The lowest BCUT2D eigenvalue weighted by atomic mass is 10.1. The molecular formula is C14H22N2. The Balaban J connectivity index is 1.80. The van der Waals surface area contributed by atoms with E-state index >= 15 is 0 Å². The van der Waals surface area contributed by atoms with Crippen LogP contribution in [0.4, 0.5) is 0 Å². The second-order valence-electron chi connectivity index (χ2n) is 4.94. The molecule has 0 unspecified atom stereocenters. The minimum Gasteiger partial charge on any atom is -0.327 e. The van der Waals surface area contributed by atoms with Crippen LogP contribution in [0.3, 0.4) is 0 Å². The van der Waals surface area contributed by atoms with Gasteiger partial charge in [0.15, 0.2) is 0 Å². The number of nitrogens with zero attached hydrogens (tertiary/aromatic N) is 1. The number of piperidine rings is 1. The van der Waals surface area contributed by atoms with E-state index in [2.05, 4.69) is 36.1 Å². The maximum Gasteiger partial charge on any atom is 0.0168 e. The summed E-state index contributed by atoms with van der Waals surface area (Å²) >= 11 is 0. The van der Waals surface area contributed by atoms with Crippen molar-refractivity contribution in [3.8, 4) is 0 Å². The summed E-state index contributed by atoms with van der Waals surface area (Å²) < 4.78 is 0. The second-order valence-corrected chi connectivity index (χ2v) is 4.94. The number of hydrogen-bond acceptors (Lipinski definition) is 2. The number of aryl methyl sites for hydroxylation is 1. The summed E-state index contributed by atoms with van der Waals surface area (Å²) in [7, 11) is 0. The molecule has 88 valence electrons. The van der Waals surface area contributed by atoms with E-state index in [1.807, 2.05) is 0 Å². The van der Waals surface area contributed by atoms with E-state index in [0.717, 1.165) is 19.5 Å². The third-order valence-corrected chi connectivity index (χ3v) is 3.38. The van der Waals surface area contributed by atoms with Gasteiger partial charge in [0.25, 0.3) is 0 Å². The zero-order valence-corrected chi connectivity index (χ0v) is 10.2. The van der Waals surface area contributed by atoms with Crippen LogP contribution in [-0.2, 0) is 6.42 Å². The standard InChI is InChI=1S/C14H22N2/c1-12-4-6-13(7-5-12)8-10-16-9-2-3-14(15)11-16/h4-7,14H,2-3,8-11,15H2,1H3/t14-/m1/s1. The number of nitrogens with two attached hydrogens (primary N) is 1. The number of benzene rings is 1. The SMILES string of the molecule is Cc1ccc(CCN2CCC[C@@H](N)C2)cc1. The van der Waals surface area contributed by atoms with Crippen molar-refractivity contribution in [1.82, 2.24) is 4.90 Å².